The molecule has 0 amide bonds. The van der Waals surface area contributed by atoms with E-state index >= 15 is 0 Å². The van der Waals surface area contributed by atoms with Crippen LogP contribution in [0.2, 0.25) is 0 Å². The highest BCUT2D eigenvalue weighted by Gasteiger charge is 1.99. The molecular formula is C16H18O3. The number of hydrogen-bond donors (Lipinski definition) is 1. The topological polar surface area (TPSA) is 38.7 Å². The fourth-order valence-corrected chi connectivity index (χ4v) is 1.58. The highest BCUT2D eigenvalue weighted by molar-refractivity contribution is 5.35. The largest absolute Gasteiger partial charge is 0.493 e. The van der Waals surface area contributed by atoms with Gasteiger partial charge in [0.15, 0.2) is 0 Å². The number of aliphatic hydroxyl groups is 1. The van der Waals surface area contributed by atoms with Crippen LogP contribution in [0.25, 0.3) is 0 Å². The van der Waals surface area contributed by atoms with Crippen LogP contribution in [0.4, 0.5) is 0 Å². The molecule has 2 rings (SSSR count). The van der Waals surface area contributed by atoms with Crippen LogP contribution in [0.5, 0.6) is 17.2 Å². The van der Waals surface area contributed by atoms with Crippen LogP contribution in [0.3, 0.4) is 0 Å². The van der Waals surface area contributed by atoms with Crippen molar-refractivity contribution in [3.8, 4) is 17.2 Å². The predicted octanol–water partition coefficient (Wildman–Crippen LogP) is 3.63. The van der Waals surface area contributed by atoms with E-state index in [2.05, 4.69) is 0 Å². The van der Waals surface area contributed by atoms with Crippen LogP contribution in [-0.2, 0) is 0 Å². The third-order valence-corrected chi connectivity index (χ3v) is 2.61. The average molecular weight is 258 g/mol. The van der Waals surface area contributed by atoms with Crippen molar-refractivity contribution < 1.29 is 14.6 Å². The summed E-state index contributed by atoms with van der Waals surface area (Å²) in [4.78, 5) is 0. The summed E-state index contributed by atoms with van der Waals surface area (Å²) in [7, 11) is 0. The lowest BCUT2D eigenvalue weighted by molar-refractivity contribution is 0.155. The van der Waals surface area contributed by atoms with E-state index in [1.165, 1.54) is 0 Å². The summed E-state index contributed by atoms with van der Waals surface area (Å²) in [6.07, 6.45) is 0.295. The van der Waals surface area contributed by atoms with Gasteiger partial charge in [0.1, 0.15) is 17.2 Å². The zero-order valence-electron chi connectivity index (χ0n) is 11.0. The molecule has 0 fully saturated rings. The quantitative estimate of drug-likeness (QED) is 0.860. The van der Waals surface area contributed by atoms with Crippen molar-refractivity contribution >= 4 is 0 Å². The molecule has 1 unspecified atom stereocenters. The molecule has 19 heavy (non-hydrogen) atoms. The Morgan fingerprint density at radius 1 is 0.895 bits per heavy atom. The Bertz CT molecular complexity index is 477. The Morgan fingerprint density at radius 3 is 2.11 bits per heavy atom. The van der Waals surface area contributed by atoms with Crippen molar-refractivity contribution in [1.29, 1.82) is 0 Å². The van der Waals surface area contributed by atoms with E-state index in [9.17, 15) is 0 Å². The van der Waals surface area contributed by atoms with E-state index in [-0.39, 0.29) is 6.10 Å². The number of rotatable bonds is 6. The molecule has 0 bridgehead atoms. The van der Waals surface area contributed by atoms with Gasteiger partial charge in [0.05, 0.1) is 12.7 Å². The fraction of sp³-hybridized carbons (Fsp3) is 0.250. The van der Waals surface area contributed by atoms with Gasteiger partial charge in [0, 0.05) is 6.42 Å². The van der Waals surface area contributed by atoms with Crippen molar-refractivity contribution in [2.45, 2.75) is 19.4 Å². The molecule has 100 valence electrons. The first-order valence-electron chi connectivity index (χ1n) is 6.38. The Kier molecular flexibility index (Phi) is 4.81. The molecule has 2 aromatic carbocycles. The molecule has 1 atom stereocenters. The van der Waals surface area contributed by atoms with Crippen molar-refractivity contribution in [2.24, 2.45) is 0 Å². The molecule has 0 saturated carbocycles. The predicted molar refractivity (Wildman–Crippen MR) is 74.8 cm³/mol. The van der Waals surface area contributed by atoms with Crippen molar-refractivity contribution in [3.05, 3.63) is 54.6 Å². The second-order valence-electron chi connectivity index (χ2n) is 4.37. The molecule has 0 aliphatic heterocycles. The van der Waals surface area contributed by atoms with Gasteiger partial charge in [-0.2, -0.15) is 0 Å². The number of para-hydroxylation sites is 1. The second kappa shape index (κ2) is 6.81. The molecule has 0 heterocycles. The summed E-state index contributed by atoms with van der Waals surface area (Å²) >= 11 is 0. The third-order valence-electron chi connectivity index (χ3n) is 2.61. The molecule has 0 saturated heterocycles. The van der Waals surface area contributed by atoms with Crippen LogP contribution in [0.1, 0.15) is 13.3 Å². The van der Waals surface area contributed by atoms with Crippen LogP contribution < -0.4 is 9.47 Å². The molecule has 0 aromatic heterocycles. The minimum atomic E-state index is -0.333. The fourth-order valence-electron chi connectivity index (χ4n) is 1.58. The van der Waals surface area contributed by atoms with E-state index in [1.807, 2.05) is 54.6 Å². The monoisotopic (exact) mass is 258 g/mol. The molecule has 1 N–H and O–H groups in total. The van der Waals surface area contributed by atoms with Gasteiger partial charge < -0.3 is 14.6 Å². The van der Waals surface area contributed by atoms with Gasteiger partial charge in [-0.05, 0) is 43.3 Å². The number of aliphatic hydroxyl groups excluding tert-OH is 1. The van der Waals surface area contributed by atoms with E-state index < -0.39 is 0 Å². The van der Waals surface area contributed by atoms with Crippen molar-refractivity contribution in [1.82, 2.24) is 0 Å². The van der Waals surface area contributed by atoms with Gasteiger partial charge in [-0.15, -0.1) is 0 Å². The molecule has 0 aliphatic carbocycles. The summed E-state index contributed by atoms with van der Waals surface area (Å²) in [5.74, 6) is 2.36. The molecule has 0 aliphatic rings. The maximum atomic E-state index is 9.14. The first-order chi connectivity index (χ1) is 9.24. The third kappa shape index (κ3) is 4.64. The standard InChI is InChI=1S/C16H18O3/c1-13(17)11-12-18-14-7-9-16(10-8-14)19-15-5-3-2-4-6-15/h2-10,13,17H,11-12H2,1H3. The first-order valence-corrected chi connectivity index (χ1v) is 6.38. The number of hydrogen-bond acceptors (Lipinski definition) is 3. The summed E-state index contributed by atoms with van der Waals surface area (Å²) in [5, 5.41) is 9.14. The Hall–Kier alpha value is -2.00. The summed E-state index contributed by atoms with van der Waals surface area (Å²) in [6.45, 7) is 2.26. The lowest BCUT2D eigenvalue weighted by Gasteiger charge is -2.09. The minimum absolute atomic E-state index is 0.333. The van der Waals surface area contributed by atoms with Crippen LogP contribution in [0.15, 0.2) is 54.6 Å². The normalized spacial score (nSPS) is 11.9. The zero-order chi connectivity index (χ0) is 13.5. The minimum Gasteiger partial charge on any atom is -0.493 e. The van der Waals surface area contributed by atoms with E-state index in [4.69, 9.17) is 14.6 Å². The van der Waals surface area contributed by atoms with E-state index in [1.54, 1.807) is 6.92 Å². The van der Waals surface area contributed by atoms with Gasteiger partial charge in [-0.25, -0.2) is 0 Å². The lowest BCUT2D eigenvalue weighted by atomic mass is 10.3. The number of benzene rings is 2. The Balaban J connectivity index is 1.88. The van der Waals surface area contributed by atoms with Crippen LogP contribution in [0, 0.1) is 0 Å². The molecule has 2 aromatic rings. The molecule has 3 heteroatoms. The number of ether oxygens (including phenoxy) is 2. The van der Waals surface area contributed by atoms with Gasteiger partial charge in [-0.3, -0.25) is 0 Å². The van der Waals surface area contributed by atoms with Crippen molar-refractivity contribution in [3.63, 3.8) is 0 Å². The van der Waals surface area contributed by atoms with E-state index in [0.717, 1.165) is 17.2 Å². The molecule has 0 radical (unpaired) electrons. The van der Waals surface area contributed by atoms with Gasteiger partial charge in [0.2, 0.25) is 0 Å². The second-order valence-corrected chi connectivity index (χ2v) is 4.37. The summed E-state index contributed by atoms with van der Waals surface area (Å²) < 4.78 is 11.2. The Labute approximate surface area is 113 Å². The smallest absolute Gasteiger partial charge is 0.127 e. The highest BCUT2D eigenvalue weighted by Crippen LogP contribution is 2.23. The average Bonchev–Trinajstić information content (AvgIpc) is 2.42. The summed E-state index contributed by atoms with van der Waals surface area (Å²) in [5.41, 5.74) is 0. The first kappa shape index (κ1) is 13.4. The van der Waals surface area contributed by atoms with Gasteiger partial charge in [-0.1, -0.05) is 18.2 Å². The Morgan fingerprint density at radius 2 is 1.47 bits per heavy atom. The van der Waals surface area contributed by atoms with E-state index in [0.29, 0.717) is 13.0 Å². The summed E-state index contributed by atoms with van der Waals surface area (Å²) in [6, 6.07) is 17.1. The maximum Gasteiger partial charge on any atom is 0.127 e. The lowest BCUT2D eigenvalue weighted by Crippen LogP contribution is -2.07. The molecular weight excluding hydrogens is 240 g/mol. The van der Waals surface area contributed by atoms with Gasteiger partial charge >= 0.3 is 0 Å². The zero-order valence-corrected chi connectivity index (χ0v) is 11.0. The molecule has 0 spiro atoms. The SMILES string of the molecule is CC(O)CCOc1ccc(Oc2ccccc2)cc1. The van der Waals surface area contributed by atoms with Gasteiger partial charge in [0.25, 0.3) is 0 Å². The highest BCUT2D eigenvalue weighted by atomic mass is 16.5. The van der Waals surface area contributed by atoms with Crippen LogP contribution in [-0.4, -0.2) is 17.8 Å². The maximum absolute atomic E-state index is 9.14. The van der Waals surface area contributed by atoms with Crippen LogP contribution >= 0.6 is 0 Å². The molecule has 3 nitrogen and oxygen atoms in total. The van der Waals surface area contributed by atoms with Crippen molar-refractivity contribution in [2.75, 3.05) is 6.61 Å².